The molecule has 2 aliphatic carbocycles. The molecule has 2 bridgehead atoms. The van der Waals surface area contributed by atoms with Gasteiger partial charge in [0, 0.05) is 37.2 Å². The van der Waals surface area contributed by atoms with Gasteiger partial charge in [-0.1, -0.05) is 18.2 Å². The first-order valence-electron chi connectivity index (χ1n) is 8.42. The lowest BCUT2D eigenvalue weighted by Gasteiger charge is -2.62. The van der Waals surface area contributed by atoms with Crippen molar-refractivity contribution in [1.82, 2.24) is 4.90 Å². The van der Waals surface area contributed by atoms with Crippen LogP contribution in [0.15, 0.2) is 24.8 Å². The maximum atomic E-state index is 12.6. The molecule has 0 aromatic heterocycles. The molecule has 4 unspecified atom stereocenters. The van der Waals surface area contributed by atoms with Crippen LogP contribution in [0.25, 0.3) is 0 Å². The molecule has 2 heterocycles. The number of likely N-dealkylation sites (tertiary alicyclic amines) is 1. The zero-order chi connectivity index (χ0) is 15.8. The molecule has 2 aliphatic heterocycles. The largest absolute Gasteiger partial charge is 0.481 e. The average Bonchev–Trinajstić information content (AvgIpc) is 2.88. The second-order valence-corrected chi connectivity index (χ2v) is 7.32. The van der Waals surface area contributed by atoms with E-state index in [1.807, 2.05) is 12.1 Å². The second kappa shape index (κ2) is 4.25. The van der Waals surface area contributed by atoms with Gasteiger partial charge in [-0.25, -0.2) is 0 Å². The Labute approximate surface area is 135 Å². The van der Waals surface area contributed by atoms with E-state index in [9.17, 15) is 9.90 Å². The Balaban J connectivity index is 1.78. The first-order chi connectivity index (χ1) is 11.1. The fourth-order valence-electron chi connectivity index (χ4n) is 5.68. The van der Waals surface area contributed by atoms with Crippen molar-refractivity contribution in [3.63, 3.8) is 0 Å². The van der Waals surface area contributed by atoms with Crippen molar-refractivity contribution >= 4 is 5.78 Å². The highest BCUT2D eigenvalue weighted by Crippen LogP contribution is 2.63. The van der Waals surface area contributed by atoms with Gasteiger partial charge in [-0.2, -0.15) is 0 Å². The van der Waals surface area contributed by atoms with Crippen LogP contribution in [0.4, 0.5) is 0 Å². The number of benzene rings is 1. The Hall–Kier alpha value is -1.65. The molecule has 4 heteroatoms. The van der Waals surface area contributed by atoms with Crippen LogP contribution in [0.1, 0.15) is 30.4 Å². The molecule has 1 aromatic carbocycles. The van der Waals surface area contributed by atoms with E-state index in [4.69, 9.17) is 4.74 Å². The summed E-state index contributed by atoms with van der Waals surface area (Å²) >= 11 is 0. The Morgan fingerprint density at radius 3 is 3.22 bits per heavy atom. The average molecular weight is 310 g/mol. The van der Waals surface area contributed by atoms with Crippen LogP contribution in [0.3, 0.4) is 0 Å². The van der Waals surface area contributed by atoms with Crippen LogP contribution >= 0.6 is 0 Å². The third-order valence-corrected chi connectivity index (χ3v) is 6.56. The topological polar surface area (TPSA) is 49.8 Å². The van der Waals surface area contributed by atoms with Gasteiger partial charge in [-0.05, 0) is 24.8 Å². The zero-order valence-electron chi connectivity index (χ0n) is 13.0. The number of hydrogen-bond donors (Lipinski definition) is 1. The zero-order valence-corrected chi connectivity index (χ0v) is 13.0. The Kier molecular flexibility index (Phi) is 2.54. The second-order valence-electron chi connectivity index (χ2n) is 7.32. The molecule has 4 nitrogen and oxygen atoms in total. The number of ketones is 1. The van der Waals surface area contributed by atoms with E-state index in [1.54, 1.807) is 0 Å². The van der Waals surface area contributed by atoms with Gasteiger partial charge in [0.15, 0.2) is 11.9 Å². The fourth-order valence-corrected chi connectivity index (χ4v) is 5.68. The summed E-state index contributed by atoms with van der Waals surface area (Å²) in [7, 11) is 0. The lowest BCUT2D eigenvalue weighted by atomic mass is 9.49. The van der Waals surface area contributed by atoms with Crippen LogP contribution in [0.5, 0.6) is 5.75 Å². The van der Waals surface area contributed by atoms with Gasteiger partial charge in [0.1, 0.15) is 5.75 Å². The maximum absolute atomic E-state index is 12.6. The summed E-state index contributed by atoms with van der Waals surface area (Å²) in [5.41, 5.74) is 0.792. The van der Waals surface area contributed by atoms with Crippen molar-refractivity contribution in [2.45, 2.75) is 48.8 Å². The van der Waals surface area contributed by atoms with Crippen LogP contribution in [0.2, 0.25) is 0 Å². The van der Waals surface area contributed by atoms with Gasteiger partial charge in [0.2, 0.25) is 0 Å². The Bertz CT molecular complexity index is 729. The minimum Gasteiger partial charge on any atom is -0.481 e. The third kappa shape index (κ3) is 1.38. The normalized spacial score (nSPS) is 40.5. The van der Waals surface area contributed by atoms with Crippen molar-refractivity contribution in [3.8, 4) is 5.75 Å². The van der Waals surface area contributed by atoms with Crippen molar-refractivity contribution in [2.75, 3.05) is 13.1 Å². The third-order valence-electron chi connectivity index (χ3n) is 6.56. The molecule has 4 atom stereocenters. The number of nitrogens with zero attached hydrogens (tertiary/aromatic N) is 1. The number of rotatable bonds is 2. The molecular formula is C19H20NO3. The number of ether oxygens (including phenoxy) is 1. The molecule has 1 saturated carbocycles. The molecule has 23 heavy (non-hydrogen) atoms. The first-order valence-corrected chi connectivity index (χ1v) is 8.42. The summed E-state index contributed by atoms with van der Waals surface area (Å²) in [6.07, 6.45) is 3.83. The van der Waals surface area contributed by atoms with Gasteiger partial charge >= 0.3 is 0 Å². The summed E-state index contributed by atoms with van der Waals surface area (Å²) in [4.78, 5) is 14.9. The highest BCUT2D eigenvalue weighted by atomic mass is 16.5. The molecule has 119 valence electrons. The van der Waals surface area contributed by atoms with Crippen LogP contribution < -0.4 is 4.74 Å². The van der Waals surface area contributed by atoms with E-state index in [0.717, 1.165) is 31.5 Å². The van der Waals surface area contributed by atoms with E-state index >= 15 is 0 Å². The molecule has 5 rings (SSSR count). The maximum Gasteiger partial charge on any atom is 0.174 e. The Morgan fingerprint density at radius 2 is 2.39 bits per heavy atom. The number of Topliss-reactive ketones (excluding diaryl/α,β-unsaturated/α-hetero) is 1. The lowest BCUT2D eigenvalue weighted by Crippen LogP contribution is -2.76. The molecule has 1 saturated heterocycles. The fraction of sp³-hybridized carbons (Fsp3) is 0.526. The Morgan fingerprint density at radius 1 is 1.52 bits per heavy atom. The van der Waals surface area contributed by atoms with E-state index < -0.39 is 17.1 Å². The monoisotopic (exact) mass is 310 g/mol. The summed E-state index contributed by atoms with van der Waals surface area (Å²) in [6.45, 7) is 5.49. The first kappa shape index (κ1) is 13.8. The number of hydrogen-bond acceptors (Lipinski definition) is 4. The van der Waals surface area contributed by atoms with Crippen molar-refractivity contribution < 1.29 is 14.6 Å². The van der Waals surface area contributed by atoms with Gasteiger partial charge in [-0.15, -0.1) is 6.58 Å². The smallest absolute Gasteiger partial charge is 0.174 e. The predicted octanol–water partition coefficient (Wildman–Crippen LogP) is 1.40. The summed E-state index contributed by atoms with van der Waals surface area (Å²) in [5, 5.41) is 11.8. The minimum atomic E-state index is -0.902. The summed E-state index contributed by atoms with van der Waals surface area (Å²) in [6, 6.07) is 7.14. The van der Waals surface area contributed by atoms with Gasteiger partial charge < -0.3 is 9.84 Å². The SMILES string of the molecule is C=CCN1CCC23c4c5[c]ccc4CC1C2(O)CCC(=O)C3O5. The highest BCUT2D eigenvalue weighted by molar-refractivity contribution is 5.89. The minimum absolute atomic E-state index is 0.0225. The van der Waals surface area contributed by atoms with Gasteiger partial charge in [-0.3, -0.25) is 9.69 Å². The van der Waals surface area contributed by atoms with E-state index in [0.29, 0.717) is 18.6 Å². The van der Waals surface area contributed by atoms with Gasteiger partial charge in [0.25, 0.3) is 0 Å². The van der Waals surface area contributed by atoms with Crippen molar-refractivity contribution in [1.29, 1.82) is 0 Å². The van der Waals surface area contributed by atoms with E-state index in [1.165, 1.54) is 5.56 Å². The summed E-state index contributed by atoms with van der Waals surface area (Å²) in [5.74, 6) is 0.819. The molecule has 1 N–H and O–H groups in total. The summed E-state index contributed by atoms with van der Waals surface area (Å²) < 4.78 is 6.05. The van der Waals surface area contributed by atoms with Crippen molar-refractivity contribution in [2.24, 2.45) is 0 Å². The number of piperidine rings is 1. The number of carbonyl (C=O) groups excluding carboxylic acids is 1. The molecule has 2 fully saturated rings. The van der Waals surface area contributed by atoms with Gasteiger partial charge in [0.05, 0.1) is 11.0 Å². The van der Waals surface area contributed by atoms with E-state index in [-0.39, 0.29) is 11.8 Å². The van der Waals surface area contributed by atoms with Crippen LogP contribution in [0, 0.1) is 6.07 Å². The molecular weight excluding hydrogens is 290 g/mol. The van der Waals surface area contributed by atoms with Crippen molar-refractivity contribution in [3.05, 3.63) is 42.0 Å². The number of carbonyl (C=O) groups is 1. The molecule has 0 amide bonds. The van der Waals surface area contributed by atoms with E-state index in [2.05, 4.69) is 23.6 Å². The van der Waals surface area contributed by atoms with Crippen LogP contribution in [-0.2, 0) is 16.6 Å². The molecule has 1 spiro atoms. The molecule has 1 radical (unpaired) electrons. The quantitative estimate of drug-likeness (QED) is 0.839. The molecule has 1 aromatic rings. The lowest BCUT2D eigenvalue weighted by molar-refractivity contribution is -0.187. The predicted molar refractivity (Wildman–Crippen MR) is 84.4 cm³/mol. The molecule has 4 aliphatic rings. The highest BCUT2D eigenvalue weighted by Gasteiger charge is 2.72. The standard InChI is InChI=1S/C19H20NO3/c1-2-9-20-10-8-18-16-12-4-3-5-14(16)23-17(18)13(21)6-7-19(18,22)15(20)11-12/h2-4,15,17,22H,1,6-11H2. The number of aliphatic hydroxyl groups is 1. The van der Waals surface area contributed by atoms with Crippen LogP contribution in [-0.4, -0.2) is 46.6 Å².